The molecule has 0 unspecified atom stereocenters. The molecule has 2 fully saturated rings. The number of benzene rings is 2. The van der Waals surface area contributed by atoms with E-state index < -0.39 is 15.9 Å². The van der Waals surface area contributed by atoms with Crippen LogP contribution in [0.4, 0.5) is 0 Å². The van der Waals surface area contributed by atoms with Gasteiger partial charge in [0.2, 0.25) is 10.0 Å². The third-order valence-electron chi connectivity index (χ3n) is 6.12. The maximum Gasteiger partial charge on any atom is 0.253 e. The molecule has 4 rings (SSSR count). The topological polar surface area (TPSA) is 79.0 Å². The van der Waals surface area contributed by atoms with Crippen LogP contribution in [0.15, 0.2) is 47.4 Å². The first-order valence-corrected chi connectivity index (χ1v) is 13.2. The molecule has 7 nitrogen and oxygen atoms in total. The van der Waals surface area contributed by atoms with Crippen molar-refractivity contribution in [2.24, 2.45) is 0 Å². The maximum atomic E-state index is 13.0. The molecular weight excluding hydrogens is 462 g/mol. The van der Waals surface area contributed by atoms with Gasteiger partial charge in [-0.05, 0) is 42.2 Å². The Morgan fingerprint density at radius 2 is 1.61 bits per heavy atom. The molecule has 0 bridgehead atoms. The Labute approximate surface area is 200 Å². The number of rotatable bonds is 7. The van der Waals surface area contributed by atoms with Crippen LogP contribution in [0.2, 0.25) is 5.02 Å². The predicted octanol–water partition coefficient (Wildman–Crippen LogP) is 3.28. The van der Waals surface area contributed by atoms with Gasteiger partial charge >= 0.3 is 0 Å². The number of nitrogens with one attached hydrogen (secondary N) is 1. The molecule has 2 aliphatic rings. The van der Waals surface area contributed by atoms with Crippen LogP contribution < -0.4 is 5.32 Å². The highest BCUT2D eigenvalue weighted by Gasteiger charge is 2.27. The van der Waals surface area contributed by atoms with Crippen molar-refractivity contribution in [1.29, 1.82) is 0 Å². The van der Waals surface area contributed by atoms with E-state index >= 15 is 0 Å². The summed E-state index contributed by atoms with van der Waals surface area (Å²) < 4.78 is 32.8. The molecule has 1 N–H and O–H groups in total. The highest BCUT2D eigenvalue weighted by molar-refractivity contribution is 7.89. The van der Waals surface area contributed by atoms with Crippen molar-refractivity contribution in [1.82, 2.24) is 14.5 Å². The third kappa shape index (κ3) is 6.13. The number of sulfonamides is 1. The zero-order chi connectivity index (χ0) is 23.3. The van der Waals surface area contributed by atoms with Crippen molar-refractivity contribution in [3.63, 3.8) is 0 Å². The number of morpholine rings is 1. The molecule has 178 valence electrons. The first kappa shape index (κ1) is 24.2. The van der Waals surface area contributed by atoms with E-state index in [1.54, 1.807) is 0 Å². The van der Waals surface area contributed by atoms with Crippen molar-refractivity contribution >= 4 is 27.5 Å². The largest absolute Gasteiger partial charge is 0.379 e. The molecule has 0 atom stereocenters. The van der Waals surface area contributed by atoms with Crippen LogP contribution in [0.3, 0.4) is 0 Å². The quantitative estimate of drug-likeness (QED) is 0.643. The highest BCUT2D eigenvalue weighted by atomic mass is 35.5. The summed E-state index contributed by atoms with van der Waals surface area (Å²) in [6.45, 7) is 5.64. The second kappa shape index (κ2) is 11.0. The van der Waals surface area contributed by atoms with Crippen LogP contribution in [0, 0.1) is 0 Å². The molecule has 2 aromatic rings. The van der Waals surface area contributed by atoms with Crippen LogP contribution in [0.25, 0.3) is 0 Å². The number of halogens is 1. The SMILES string of the molecule is O=C(NCc1ccc(CN2CCOCC2)cc1)c1cc(S(=O)(=O)N2CCCCC2)ccc1Cl. The van der Waals surface area contributed by atoms with Gasteiger partial charge in [0.05, 0.1) is 28.7 Å². The molecule has 0 spiro atoms. The highest BCUT2D eigenvalue weighted by Crippen LogP contribution is 2.25. The Morgan fingerprint density at radius 1 is 0.939 bits per heavy atom. The zero-order valence-corrected chi connectivity index (χ0v) is 20.2. The van der Waals surface area contributed by atoms with E-state index in [0.29, 0.717) is 19.6 Å². The number of hydrogen-bond acceptors (Lipinski definition) is 5. The lowest BCUT2D eigenvalue weighted by molar-refractivity contribution is 0.0342. The average molecular weight is 492 g/mol. The minimum atomic E-state index is -3.64. The third-order valence-corrected chi connectivity index (χ3v) is 8.35. The van der Waals surface area contributed by atoms with Gasteiger partial charge in [0.25, 0.3) is 5.91 Å². The summed E-state index contributed by atoms with van der Waals surface area (Å²) in [6, 6.07) is 12.5. The summed E-state index contributed by atoms with van der Waals surface area (Å²) in [5.74, 6) is -0.395. The lowest BCUT2D eigenvalue weighted by Crippen LogP contribution is -2.35. The molecule has 33 heavy (non-hydrogen) atoms. The second-order valence-electron chi connectivity index (χ2n) is 8.49. The van der Waals surface area contributed by atoms with Gasteiger partial charge in [0.15, 0.2) is 0 Å². The number of ether oxygens (including phenoxy) is 1. The summed E-state index contributed by atoms with van der Waals surface area (Å²) in [6.07, 6.45) is 2.74. The number of piperidine rings is 1. The van der Waals surface area contributed by atoms with E-state index in [9.17, 15) is 13.2 Å². The van der Waals surface area contributed by atoms with E-state index in [0.717, 1.165) is 57.7 Å². The smallest absolute Gasteiger partial charge is 0.253 e. The van der Waals surface area contributed by atoms with E-state index in [1.165, 1.54) is 28.1 Å². The maximum absolute atomic E-state index is 13.0. The Morgan fingerprint density at radius 3 is 2.30 bits per heavy atom. The predicted molar refractivity (Wildman–Crippen MR) is 128 cm³/mol. The molecule has 2 saturated heterocycles. The van der Waals surface area contributed by atoms with Crippen LogP contribution in [0.5, 0.6) is 0 Å². The van der Waals surface area contributed by atoms with E-state index in [2.05, 4.69) is 22.3 Å². The summed E-state index contributed by atoms with van der Waals surface area (Å²) in [5.41, 5.74) is 2.34. The minimum Gasteiger partial charge on any atom is -0.379 e. The number of carbonyl (C=O) groups excluding carboxylic acids is 1. The lowest BCUT2D eigenvalue weighted by Gasteiger charge is -2.26. The Bertz CT molecular complexity index is 1060. The summed E-state index contributed by atoms with van der Waals surface area (Å²) in [7, 11) is -3.64. The minimum absolute atomic E-state index is 0.103. The Hall–Kier alpha value is -1.97. The Balaban J connectivity index is 1.38. The average Bonchev–Trinajstić information content (AvgIpc) is 2.85. The van der Waals surface area contributed by atoms with Gasteiger partial charge < -0.3 is 10.1 Å². The molecule has 2 heterocycles. The molecule has 0 radical (unpaired) electrons. The van der Waals surface area contributed by atoms with E-state index in [-0.39, 0.29) is 15.5 Å². The summed E-state index contributed by atoms with van der Waals surface area (Å²) >= 11 is 6.24. The van der Waals surface area contributed by atoms with Crippen LogP contribution >= 0.6 is 11.6 Å². The van der Waals surface area contributed by atoms with Crippen molar-refractivity contribution in [3.05, 3.63) is 64.2 Å². The molecule has 2 aliphatic heterocycles. The van der Waals surface area contributed by atoms with E-state index in [1.807, 2.05) is 12.1 Å². The zero-order valence-electron chi connectivity index (χ0n) is 18.6. The first-order chi connectivity index (χ1) is 15.9. The van der Waals surface area contributed by atoms with Crippen molar-refractivity contribution in [2.75, 3.05) is 39.4 Å². The fourth-order valence-electron chi connectivity index (χ4n) is 4.15. The number of hydrogen-bond donors (Lipinski definition) is 1. The van der Waals surface area contributed by atoms with Gasteiger partial charge in [-0.2, -0.15) is 4.31 Å². The van der Waals surface area contributed by atoms with Crippen molar-refractivity contribution in [2.45, 2.75) is 37.2 Å². The van der Waals surface area contributed by atoms with Crippen LogP contribution in [0.1, 0.15) is 40.7 Å². The van der Waals surface area contributed by atoms with Gasteiger partial charge in [-0.1, -0.05) is 42.3 Å². The summed E-state index contributed by atoms with van der Waals surface area (Å²) in [4.78, 5) is 15.3. The fraction of sp³-hybridized carbons (Fsp3) is 0.458. The molecule has 0 aromatic heterocycles. The monoisotopic (exact) mass is 491 g/mol. The van der Waals surface area contributed by atoms with Gasteiger partial charge in [0, 0.05) is 39.3 Å². The number of carbonyl (C=O) groups is 1. The molecule has 1 amide bonds. The summed E-state index contributed by atoms with van der Waals surface area (Å²) in [5, 5.41) is 3.08. The molecule has 2 aromatic carbocycles. The van der Waals surface area contributed by atoms with E-state index in [4.69, 9.17) is 16.3 Å². The normalized spacial score (nSPS) is 18.2. The van der Waals surface area contributed by atoms with Gasteiger partial charge in [-0.3, -0.25) is 9.69 Å². The second-order valence-corrected chi connectivity index (χ2v) is 10.8. The van der Waals surface area contributed by atoms with Gasteiger partial charge in [-0.15, -0.1) is 0 Å². The molecule has 0 saturated carbocycles. The van der Waals surface area contributed by atoms with Crippen LogP contribution in [-0.4, -0.2) is 62.9 Å². The number of nitrogens with zero attached hydrogens (tertiary/aromatic N) is 2. The molecular formula is C24H30ClN3O4S. The van der Waals surface area contributed by atoms with Gasteiger partial charge in [0.1, 0.15) is 0 Å². The fourth-order valence-corrected chi connectivity index (χ4v) is 5.90. The molecule has 9 heteroatoms. The van der Waals surface area contributed by atoms with Gasteiger partial charge in [-0.25, -0.2) is 8.42 Å². The standard InChI is InChI=1S/C24H30ClN3O4S/c25-23-9-8-21(33(30,31)28-10-2-1-3-11-28)16-22(23)24(29)26-17-19-4-6-20(7-5-19)18-27-12-14-32-15-13-27/h4-9,16H,1-3,10-15,17-18H2,(H,26,29). The van der Waals surface area contributed by atoms with Crippen LogP contribution in [-0.2, 0) is 27.8 Å². The Kier molecular flexibility index (Phi) is 8.03. The first-order valence-electron chi connectivity index (χ1n) is 11.4. The lowest BCUT2D eigenvalue weighted by atomic mass is 10.1. The van der Waals surface area contributed by atoms with Crippen molar-refractivity contribution in [3.8, 4) is 0 Å². The molecule has 0 aliphatic carbocycles. The van der Waals surface area contributed by atoms with Crippen molar-refractivity contribution < 1.29 is 17.9 Å². The number of amides is 1.